The molecular formula is C13H22N4O2S. The van der Waals surface area contributed by atoms with Crippen molar-refractivity contribution in [2.45, 2.75) is 32.6 Å². The van der Waals surface area contributed by atoms with E-state index in [4.69, 9.17) is 5.11 Å². The van der Waals surface area contributed by atoms with Crippen molar-refractivity contribution in [2.24, 2.45) is 0 Å². The van der Waals surface area contributed by atoms with Gasteiger partial charge in [0.05, 0.1) is 6.61 Å². The lowest BCUT2D eigenvalue weighted by molar-refractivity contribution is 0.195. The number of amides is 2. The van der Waals surface area contributed by atoms with E-state index in [2.05, 4.69) is 35.9 Å². The van der Waals surface area contributed by atoms with Crippen LogP contribution in [-0.4, -0.2) is 45.9 Å². The number of hydrogen-bond acceptors (Lipinski definition) is 5. The fourth-order valence-electron chi connectivity index (χ4n) is 1.81. The number of aliphatic hydroxyl groups excluding tert-OH is 1. The van der Waals surface area contributed by atoms with Crippen molar-refractivity contribution in [1.29, 1.82) is 0 Å². The van der Waals surface area contributed by atoms with Crippen LogP contribution in [-0.2, 0) is 0 Å². The Morgan fingerprint density at radius 1 is 1.50 bits per heavy atom. The molecule has 0 aliphatic rings. The molecule has 0 saturated heterocycles. The van der Waals surface area contributed by atoms with E-state index in [0.29, 0.717) is 17.6 Å². The predicted molar refractivity (Wildman–Crippen MR) is 81.1 cm³/mol. The standard InChI is InChI=1S/C13H22N4O2S/c1-4-7-17(8-9-18)13(19)14-12-16-15-11(20-12)10(5-2)6-3/h4,10,18H,1,5-9H2,2-3H3,(H,14,16,19). The highest BCUT2D eigenvalue weighted by Crippen LogP contribution is 2.28. The van der Waals surface area contributed by atoms with Crippen LogP contribution in [0.5, 0.6) is 0 Å². The third-order valence-corrected chi connectivity index (χ3v) is 4.00. The van der Waals surface area contributed by atoms with Crippen LogP contribution in [0.15, 0.2) is 12.7 Å². The van der Waals surface area contributed by atoms with Crippen molar-refractivity contribution in [3.8, 4) is 0 Å². The Balaban J connectivity index is 2.67. The number of carbonyl (C=O) groups is 1. The molecule has 0 aliphatic heterocycles. The first-order valence-electron chi connectivity index (χ1n) is 6.77. The summed E-state index contributed by atoms with van der Waals surface area (Å²) in [5.41, 5.74) is 0. The molecule has 1 rings (SSSR count). The molecule has 0 saturated carbocycles. The van der Waals surface area contributed by atoms with Crippen LogP contribution in [0.2, 0.25) is 0 Å². The van der Waals surface area contributed by atoms with Gasteiger partial charge in [0.15, 0.2) is 0 Å². The highest BCUT2D eigenvalue weighted by atomic mass is 32.1. The number of nitrogens with one attached hydrogen (secondary N) is 1. The maximum Gasteiger partial charge on any atom is 0.324 e. The third kappa shape index (κ3) is 4.57. The van der Waals surface area contributed by atoms with Crippen LogP contribution >= 0.6 is 11.3 Å². The molecule has 0 radical (unpaired) electrons. The van der Waals surface area contributed by atoms with E-state index in [1.165, 1.54) is 16.2 Å². The summed E-state index contributed by atoms with van der Waals surface area (Å²) in [4.78, 5) is 13.5. The van der Waals surface area contributed by atoms with Crippen LogP contribution in [0.25, 0.3) is 0 Å². The fraction of sp³-hybridized carbons (Fsp3) is 0.615. The summed E-state index contributed by atoms with van der Waals surface area (Å²) >= 11 is 1.40. The highest BCUT2D eigenvalue weighted by molar-refractivity contribution is 7.15. The number of rotatable bonds is 8. The smallest absolute Gasteiger partial charge is 0.324 e. The average molecular weight is 298 g/mol. The van der Waals surface area contributed by atoms with Crippen molar-refractivity contribution in [1.82, 2.24) is 15.1 Å². The number of carbonyl (C=O) groups excluding carboxylic acids is 1. The summed E-state index contributed by atoms with van der Waals surface area (Å²) in [6, 6.07) is -0.300. The highest BCUT2D eigenvalue weighted by Gasteiger charge is 2.17. The first-order valence-corrected chi connectivity index (χ1v) is 7.58. The summed E-state index contributed by atoms with van der Waals surface area (Å²) in [7, 11) is 0. The second kappa shape index (κ2) is 8.65. The van der Waals surface area contributed by atoms with E-state index in [-0.39, 0.29) is 19.2 Å². The first kappa shape index (κ1) is 16.6. The molecule has 0 fully saturated rings. The molecule has 0 bridgehead atoms. The minimum atomic E-state index is -0.300. The first-order chi connectivity index (χ1) is 9.65. The topological polar surface area (TPSA) is 78.4 Å². The molecule has 0 spiro atoms. The predicted octanol–water partition coefficient (Wildman–Crippen LogP) is 2.45. The van der Waals surface area contributed by atoms with Crippen molar-refractivity contribution in [3.05, 3.63) is 17.7 Å². The summed E-state index contributed by atoms with van der Waals surface area (Å²) in [6.45, 7) is 8.37. The molecule has 7 heteroatoms. The minimum absolute atomic E-state index is 0.0869. The van der Waals surface area contributed by atoms with Gasteiger partial charge in [-0.3, -0.25) is 5.32 Å². The molecule has 112 valence electrons. The zero-order valence-electron chi connectivity index (χ0n) is 12.0. The van der Waals surface area contributed by atoms with Gasteiger partial charge in [0.2, 0.25) is 5.13 Å². The normalized spacial score (nSPS) is 10.6. The van der Waals surface area contributed by atoms with Gasteiger partial charge in [-0.25, -0.2) is 4.79 Å². The molecule has 0 atom stereocenters. The maximum absolute atomic E-state index is 12.0. The molecule has 20 heavy (non-hydrogen) atoms. The molecule has 1 aromatic heterocycles. The lowest BCUT2D eigenvalue weighted by Gasteiger charge is -2.19. The third-order valence-electron chi connectivity index (χ3n) is 3.00. The summed E-state index contributed by atoms with van der Waals surface area (Å²) in [5, 5.41) is 21.2. The quantitative estimate of drug-likeness (QED) is 0.723. The molecule has 1 aromatic rings. The van der Waals surface area contributed by atoms with Crippen LogP contribution in [0.1, 0.15) is 37.6 Å². The SMILES string of the molecule is C=CCN(CCO)C(=O)Nc1nnc(C(CC)CC)s1. The van der Waals surface area contributed by atoms with E-state index in [1.54, 1.807) is 6.08 Å². The summed E-state index contributed by atoms with van der Waals surface area (Å²) in [5.74, 6) is 0.389. The van der Waals surface area contributed by atoms with Gasteiger partial charge in [-0.15, -0.1) is 16.8 Å². The second-order valence-corrected chi connectivity index (χ2v) is 5.36. The Hall–Kier alpha value is -1.47. The van der Waals surface area contributed by atoms with Crippen molar-refractivity contribution in [3.63, 3.8) is 0 Å². The van der Waals surface area contributed by atoms with Gasteiger partial charge >= 0.3 is 6.03 Å². The average Bonchev–Trinajstić information content (AvgIpc) is 2.88. The van der Waals surface area contributed by atoms with Gasteiger partial charge in [-0.2, -0.15) is 0 Å². The minimum Gasteiger partial charge on any atom is -0.395 e. The Kier molecular flexibility index (Phi) is 7.17. The number of nitrogens with zero attached hydrogens (tertiary/aromatic N) is 3. The van der Waals surface area contributed by atoms with E-state index in [9.17, 15) is 4.79 Å². The van der Waals surface area contributed by atoms with E-state index >= 15 is 0 Å². The van der Waals surface area contributed by atoms with Gasteiger partial charge < -0.3 is 10.0 Å². The number of urea groups is 1. The lowest BCUT2D eigenvalue weighted by atomic mass is 10.1. The van der Waals surface area contributed by atoms with Crippen LogP contribution in [0.4, 0.5) is 9.93 Å². The van der Waals surface area contributed by atoms with Gasteiger partial charge in [0.25, 0.3) is 0 Å². The van der Waals surface area contributed by atoms with Crippen LogP contribution < -0.4 is 5.32 Å². The van der Waals surface area contributed by atoms with Crippen molar-refractivity contribution >= 4 is 22.5 Å². The van der Waals surface area contributed by atoms with E-state index in [1.807, 2.05) is 0 Å². The molecule has 0 aromatic carbocycles. The maximum atomic E-state index is 12.0. The zero-order valence-corrected chi connectivity index (χ0v) is 12.8. The van der Waals surface area contributed by atoms with Gasteiger partial charge in [0.1, 0.15) is 5.01 Å². The Labute approximate surface area is 123 Å². The van der Waals surface area contributed by atoms with E-state index in [0.717, 1.165) is 17.8 Å². The molecule has 2 amide bonds. The van der Waals surface area contributed by atoms with Gasteiger partial charge in [-0.1, -0.05) is 31.3 Å². The Morgan fingerprint density at radius 2 is 2.20 bits per heavy atom. The molecule has 6 nitrogen and oxygen atoms in total. The molecule has 0 aliphatic carbocycles. The Bertz CT molecular complexity index is 432. The van der Waals surface area contributed by atoms with E-state index < -0.39 is 0 Å². The lowest BCUT2D eigenvalue weighted by Crippen LogP contribution is -2.37. The van der Waals surface area contributed by atoms with Crippen LogP contribution in [0, 0.1) is 0 Å². The molecule has 0 unspecified atom stereocenters. The number of hydrogen-bond donors (Lipinski definition) is 2. The Morgan fingerprint density at radius 3 is 2.75 bits per heavy atom. The zero-order chi connectivity index (χ0) is 15.0. The van der Waals surface area contributed by atoms with Gasteiger partial charge in [-0.05, 0) is 12.8 Å². The van der Waals surface area contributed by atoms with Crippen molar-refractivity contribution < 1.29 is 9.90 Å². The fourth-order valence-corrected chi connectivity index (χ4v) is 2.81. The molecular weight excluding hydrogens is 276 g/mol. The molecule has 1 heterocycles. The number of aliphatic hydroxyl groups is 1. The molecule has 2 N–H and O–H groups in total. The second-order valence-electron chi connectivity index (χ2n) is 4.35. The monoisotopic (exact) mass is 298 g/mol. The summed E-state index contributed by atoms with van der Waals surface area (Å²) in [6.07, 6.45) is 3.63. The summed E-state index contributed by atoms with van der Waals surface area (Å²) < 4.78 is 0. The van der Waals surface area contributed by atoms with Crippen molar-refractivity contribution in [2.75, 3.05) is 25.0 Å². The number of aromatic nitrogens is 2. The largest absolute Gasteiger partial charge is 0.395 e. The van der Waals surface area contributed by atoms with Crippen LogP contribution in [0.3, 0.4) is 0 Å². The van der Waals surface area contributed by atoms with Gasteiger partial charge in [0, 0.05) is 19.0 Å². The number of anilines is 1.